The molecule has 19 heavy (non-hydrogen) atoms. The molecule has 0 bridgehead atoms. The number of nitrogens with zero attached hydrogens (tertiary/aromatic N) is 3. The molecule has 5 heteroatoms. The zero-order valence-corrected chi connectivity index (χ0v) is 12.7. The molecule has 102 valence electrons. The Morgan fingerprint density at radius 1 is 1.26 bits per heavy atom. The Bertz CT molecular complexity index is 550. The molecule has 1 N–H and O–H groups in total. The molecule has 0 unspecified atom stereocenters. The van der Waals surface area contributed by atoms with Gasteiger partial charge in [-0.3, -0.25) is 4.98 Å². The van der Waals surface area contributed by atoms with E-state index >= 15 is 0 Å². The molecule has 2 aromatic heterocycles. The summed E-state index contributed by atoms with van der Waals surface area (Å²) in [6, 6.07) is 6.12. The molecule has 0 saturated heterocycles. The number of pyridine rings is 1. The monoisotopic (exact) mass is 276 g/mol. The van der Waals surface area contributed by atoms with Gasteiger partial charge in [-0.15, -0.1) is 11.3 Å². The Labute approximate surface area is 118 Å². The Morgan fingerprint density at radius 2 is 2.05 bits per heavy atom. The van der Waals surface area contributed by atoms with Gasteiger partial charge < -0.3 is 10.2 Å². The predicted octanol–water partition coefficient (Wildman–Crippen LogP) is 2.51. The van der Waals surface area contributed by atoms with Crippen molar-refractivity contribution in [2.75, 3.05) is 19.0 Å². The van der Waals surface area contributed by atoms with Crippen LogP contribution in [0.25, 0.3) is 0 Å². The van der Waals surface area contributed by atoms with Crippen molar-refractivity contribution in [2.45, 2.75) is 26.9 Å². The van der Waals surface area contributed by atoms with Crippen LogP contribution in [0.15, 0.2) is 18.2 Å². The fourth-order valence-corrected chi connectivity index (χ4v) is 2.93. The van der Waals surface area contributed by atoms with Crippen molar-refractivity contribution in [3.05, 3.63) is 40.2 Å². The second kappa shape index (κ2) is 6.12. The SMILES string of the molecule is CNCc1sc(N(C)Cc2cccc(C)n2)nc1C. The van der Waals surface area contributed by atoms with E-state index in [2.05, 4.69) is 40.2 Å². The number of rotatable bonds is 5. The maximum atomic E-state index is 4.62. The zero-order chi connectivity index (χ0) is 13.8. The smallest absolute Gasteiger partial charge is 0.185 e. The number of hydrogen-bond acceptors (Lipinski definition) is 5. The van der Waals surface area contributed by atoms with Crippen molar-refractivity contribution in [2.24, 2.45) is 0 Å². The van der Waals surface area contributed by atoms with E-state index in [0.29, 0.717) is 0 Å². The molecule has 4 nitrogen and oxygen atoms in total. The van der Waals surface area contributed by atoms with Gasteiger partial charge in [-0.05, 0) is 33.0 Å². The summed E-state index contributed by atoms with van der Waals surface area (Å²) < 4.78 is 0. The molecule has 0 saturated carbocycles. The quantitative estimate of drug-likeness (QED) is 0.911. The van der Waals surface area contributed by atoms with Crippen LogP contribution < -0.4 is 10.2 Å². The number of hydrogen-bond donors (Lipinski definition) is 1. The van der Waals surface area contributed by atoms with Crippen molar-refractivity contribution in [3.8, 4) is 0 Å². The first-order chi connectivity index (χ1) is 9.10. The second-order valence-electron chi connectivity index (χ2n) is 4.66. The Kier molecular flexibility index (Phi) is 4.50. The van der Waals surface area contributed by atoms with Crippen LogP contribution in [0.5, 0.6) is 0 Å². The van der Waals surface area contributed by atoms with Gasteiger partial charge in [0, 0.05) is 24.2 Å². The van der Waals surface area contributed by atoms with E-state index < -0.39 is 0 Å². The lowest BCUT2D eigenvalue weighted by atomic mass is 10.3. The van der Waals surface area contributed by atoms with Crippen LogP contribution in [-0.4, -0.2) is 24.1 Å². The molecule has 0 radical (unpaired) electrons. The minimum atomic E-state index is 0.785. The first-order valence-electron chi connectivity index (χ1n) is 6.34. The van der Waals surface area contributed by atoms with Crippen LogP contribution >= 0.6 is 11.3 Å². The van der Waals surface area contributed by atoms with Gasteiger partial charge in [0.1, 0.15) is 0 Å². The van der Waals surface area contributed by atoms with Gasteiger partial charge in [-0.2, -0.15) is 0 Å². The minimum Gasteiger partial charge on any atom is -0.345 e. The van der Waals surface area contributed by atoms with Crippen LogP contribution in [0, 0.1) is 13.8 Å². The van der Waals surface area contributed by atoms with Crippen molar-refractivity contribution < 1.29 is 0 Å². The molecule has 0 amide bonds. The summed E-state index contributed by atoms with van der Waals surface area (Å²) >= 11 is 1.74. The van der Waals surface area contributed by atoms with Gasteiger partial charge in [0.2, 0.25) is 0 Å². The average Bonchev–Trinajstić information content (AvgIpc) is 2.72. The van der Waals surface area contributed by atoms with Crippen LogP contribution in [0.1, 0.15) is 22.0 Å². The molecule has 0 aromatic carbocycles. The Morgan fingerprint density at radius 3 is 2.74 bits per heavy atom. The first-order valence-corrected chi connectivity index (χ1v) is 7.16. The number of aromatic nitrogens is 2. The lowest BCUT2D eigenvalue weighted by Gasteiger charge is -2.15. The van der Waals surface area contributed by atoms with E-state index in [9.17, 15) is 0 Å². The molecular formula is C14H20N4S. The van der Waals surface area contributed by atoms with Crippen molar-refractivity contribution >= 4 is 16.5 Å². The molecular weight excluding hydrogens is 256 g/mol. The molecule has 2 heterocycles. The minimum absolute atomic E-state index is 0.785. The molecule has 0 spiro atoms. The van der Waals surface area contributed by atoms with Crippen LogP contribution in [0.2, 0.25) is 0 Å². The number of anilines is 1. The third kappa shape index (κ3) is 3.52. The largest absolute Gasteiger partial charge is 0.345 e. The van der Waals surface area contributed by atoms with Gasteiger partial charge in [0.25, 0.3) is 0 Å². The van der Waals surface area contributed by atoms with E-state index in [1.807, 2.05) is 26.1 Å². The fourth-order valence-electron chi connectivity index (χ4n) is 1.90. The molecule has 2 aromatic rings. The lowest BCUT2D eigenvalue weighted by molar-refractivity contribution is 0.821. The Balaban J connectivity index is 2.11. The summed E-state index contributed by atoms with van der Waals surface area (Å²) in [4.78, 5) is 12.6. The summed E-state index contributed by atoms with van der Waals surface area (Å²) in [5.74, 6) is 0. The molecule has 2 rings (SSSR count). The predicted molar refractivity (Wildman–Crippen MR) is 80.7 cm³/mol. The molecule has 0 aliphatic carbocycles. The van der Waals surface area contributed by atoms with E-state index in [0.717, 1.165) is 35.3 Å². The van der Waals surface area contributed by atoms with Crippen LogP contribution in [0.4, 0.5) is 5.13 Å². The lowest BCUT2D eigenvalue weighted by Crippen LogP contribution is -2.17. The van der Waals surface area contributed by atoms with Gasteiger partial charge in [-0.25, -0.2) is 4.98 Å². The van der Waals surface area contributed by atoms with E-state index in [-0.39, 0.29) is 0 Å². The van der Waals surface area contributed by atoms with E-state index in [1.165, 1.54) is 4.88 Å². The highest BCUT2D eigenvalue weighted by Gasteiger charge is 2.11. The normalized spacial score (nSPS) is 10.7. The van der Waals surface area contributed by atoms with Crippen molar-refractivity contribution in [1.29, 1.82) is 0 Å². The standard InChI is InChI=1S/C14H20N4S/c1-10-6-5-7-12(16-10)9-18(4)14-17-11(2)13(19-14)8-15-3/h5-7,15H,8-9H2,1-4H3. The van der Waals surface area contributed by atoms with Gasteiger partial charge >= 0.3 is 0 Å². The molecule has 0 aliphatic heterocycles. The van der Waals surface area contributed by atoms with Crippen molar-refractivity contribution in [1.82, 2.24) is 15.3 Å². The maximum absolute atomic E-state index is 4.62. The number of thiazole rings is 1. The second-order valence-corrected chi connectivity index (χ2v) is 5.72. The highest BCUT2D eigenvalue weighted by Crippen LogP contribution is 2.25. The van der Waals surface area contributed by atoms with Crippen LogP contribution in [-0.2, 0) is 13.1 Å². The van der Waals surface area contributed by atoms with Gasteiger partial charge in [0.15, 0.2) is 5.13 Å². The highest BCUT2D eigenvalue weighted by atomic mass is 32.1. The third-order valence-corrected chi connectivity index (χ3v) is 4.16. The summed E-state index contributed by atoms with van der Waals surface area (Å²) in [6.45, 7) is 5.74. The summed E-state index contributed by atoms with van der Waals surface area (Å²) in [5, 5.41) is 4.22. The summed E-state index contributed by atoms with van der Waals surface area (Å²) in [7, 11) is 4.02. The highest BCUT2D eigenvalue weighted by molar-refractivity contribution is 7.15. The molecule has 0 fully saturated rings. The summed E-state index contributed by atoms with van der Waals surface area (Å²) in [6.07, 6.45) is 0. The van der Waals surface area contributed by atoms with Crippen LogP contribution in [0.3, 0.4) is 0 Å². The summed E-state index contributed by atoms with van der Waals surface area (Å²) in [5.41, 5.74) is 3.24. The van der Waals surface area contributed by atoms with Crippen molar-refractivity contribution in [3.63, 3.8) is 0 Å². The molecule has 0 aliphatic rings. The van der Waals surface area contributed by atoms with E-state index in [4.69, 9.17) is 0 Å². The fraction of sp³-hybridized carbons (Fsp3) is 0.429. The van der Waals surface area contributed by atoms with E-state index in [1.54, 1.807) is 11.3 Å². The third-order valence-electron chi connectivity index (χ3n) is 2.89. The average molecular weight is 276 g/mol. The number of aryl methyl sites for hydroxylation is 2. The Hall–Kier alpha value is -1.46. The number of nitrogens with one attached hydrogen (secondary N) is 1. The molecule has 0 atom stereocenters. The maximum Gasteiger partial charge on any atom is 0.185 e. The topological polar surface area (TPSA) is 41.0 Å². The zero-order valence-electron chi connectivity index (χ0n) is 11.9. The first kappa shape index (κ1) is 14.0. The van der Waals surface area contributed by atoms with Gasteiger partial charge in [-0.1, -0.05) is 6.07 Å². The van der Waals surface area contributed by atoms with Gasteiger partial charge in [0.05, 0.1) is 17.9 Å².